The second-order valence-electron chi connectivity index (χ2n) is 6.05. The first kappa shape index (κ1) is 20.1. The van der Waals surface area contributed by atoms with E-state index in [1.165, 1.54) is 18.2 Å². The van der Waals surface area contributed by atoms with Crippen molar-refractivity contribution in [2.24, 2.45) is 0 Å². The summed E-state index contributed by atoms with van der Waals surface area (Å²) in [5.74, 6) is -0.910. The monoisotopic (exact) mass is 401 g/mol. The molecule has 0 bridgehead atoms. The molecule has 28 heavy (non-hydrogen) atoms. The minimum absolute atomic E-state index is 0.0857. The number of nitrogens with zero attached hydrogens (tertiary/aromatic N) is 1. The lowest BCUT2D eigenvalue weighted by Crippen LogP contribution is -2.32. The number of imide groups is 1. The molecule has 1 heterocycles. The number of benzene rings is 2. The van der Waals surface area contributed by atoms with Gasteiger partial charge >= 0.3 is 0 Å². The average molecular weight is 401 g/mol. The Hall–Kier alpha value is -2.64. The van der Waals surface area contributed by atoms with E-state index in [0.717, 1.165) is 23.1 Å². The second kappa shape index (κ2) is 9.03. The summed E-state index contributed by atoms with van der Waals surface area (Å²) in [4.78, 5) is 27.0. The topological polar surface area (TPSA) is 66.8 Å². The highest BCUT2D eigenvalue weighted by Gasteiger charge is 2.41. The van der Waals surface area contributed by atoms with Crippen molar-refractivity contribution in [1.82, 2.24) is 0 Å². The maximum Gasteiger partial charge on any atom is 0.272 e. The second-order valence-corrected chi connectivity index (χ2v) is 7.15. The summed E-state index contributed by atoms with van der Waals surface area (Å²) in [6.07, 6.45) is 0.874. The van der Waals surface area contributed by atoms with Crippen molar-refractivity contribution < 1.29 is 23.8 Å². The first-order valence-corrected chi connectivity index (χ1v) is 9.91. The van der Waals surface area contributed by atoms with Gasteiger partial charge in [0.1, 0.15) is 11.6 Å². The molecule has 5 nitrogen and oxygen atoms in total. The molecule has 2 amide bonds. The standard InChI is InChI=1S/C21H20FNO4S/c1-2-12-27-15-9-7-14(8-10-15)18-19(28-13-11-24)21(26)23(20(18)25)17-6-4-3-5-16(17)22/h3-10,24H,2,11-13H2,1H3. The van der Waals surface area contributed by atoms with Crippen LogP contribution in [0, 0.1) is 5.82 Å². The number of aliphatic hydroxyl groups excluding tert-OH is 1. The van der Waals surface area contributed by atoms with Crippen LogP contribution >= 0.6 is 11.8 Å². The van der Waals surface area contributed by atoms with Gasteiger partial charge in [-0.1, -0.05) is 31.2 Å². The van der Waals surface area contributed by atoms with Gasteiger partial charge in [0.05, 0.1) is 29.4 Å². The molecule has 0 saturated carbocycles. The van der Waals surface area contributed by atoms with Gasteiger partial charge in [-0.15, -0.1) is 11.8 Å². The van der Waals surface area contributed by atoms with Crippen molar-refractivity contribution in [3.05, 3.63) is 64.8 Å². The van der Waals surface area contributed by atoms with Crippen molar-refractivity contribution in [3.63, 3.8) is 0 Å². The third-order valence-corrected chi connectivity index (χ3v) is 5.14. The molecular weight excluding hydrogens is 381 g/mol. The molecular formula is C21H20FNO4S. The minimum Gasteiger partial charge on any atom is -0.494 e. The van der Waals surface area contributed by atoms with Crippen LogP contribution in [0.2, 0.25) is 0 Å². The number of aliphatic hydroxyl groups is 1. The van der Waals surface area contributed by atoms with Crippen molar-refractivity contribution in [1.29, 1.82) is 0 Å². The van der Waals surface area contributed by atoms with E-state index in [-0.39, 0.29) is 28.5 Å². The van der Waals surface area contributed by atoms with Crippen LogP contribution in [0.5, 0.6) is 5.75 Å². The quantitative estimate of drug-likeness (QED) is 0.685. The Labute approximate surface area is 166 Å². The molecule has 0 saturated heterocycles. The Morgan fingerprint density at radius 1 is 1.07 bits per heavy atom. The third kappa shape index (κ3) is 3.95. The van der Waals surface area contributed by atoms with Gasteiger partial charge in [-0.05, 0) is 36.2 Å². The van der Waals surface area contributed by atoms with Crippen molar-refractivity contribution in [2.75, 3.05) is 23.9 Å². The fraction of sp³-hybridized carbons (Fsp3) is 0.238. The smallest absolute Gasteiger partial charge is 0.272 e. The zero-order chi connectivity index (χ0) is 20.1. The van der Waals surface area contributed by atoms with E-state index >= 15 is 0 Å². The van der Waals surface area contributed by atoms with E-state index in [1.807, 2.05) is 6.92 Å². The summed E-state index contributed by atoms with van der Waals surface area (Å²) in [5.41, 5.74) is 0.660. The molecule has 7 heteroatoms. The SMILES string of the molecule is CCCOc1ccc(C2=C(SCCO)C(=O)N(c3ccccc3F)C2=O)cc1. The fourth-order valence-corrected chi connectivity index (χ4v) is 3.70. The van der Waals surface area contributed by atoms with Gasteiger partial charge in [0.2, 0.25) is 0 Å². The van der Waals surface area contributed by atoms with E-state index in [2.05, 4.69) is 0 Å². The van der Waals surface area contributed by atoms with Gasteiger partial charge in [-0.25, -0.2) is 9.29 Å². The first-order chi connectivity index (χ1) is 13.6. The Balaban J connectivity index is 2.00. The van der Waals surface area contributed by atoms with Gasteiger partial charge < -0.3 is 9.84 Å². The normalized spacial score (nSPS) is 14.2. The van der Waals surface area contributed by atoms with Crippen LogP contribution in [-0.4, -0.2) is 35.9 Å². The summed E-state index contributed by atoms with van der Waals surface area (Å²) in [7, 11) is 0. The Bertz CT molecular complexity index is 911. The molecule has 0 radical (unpaired) electrons. The predicted octanol–water partition coefficient (Wildman–Crippen LogP) is 3.62. The zero-order valence-electron chi connectivity index (χ0n) is 15.4. The van der Waals surface area contributed by atoms with Crippen molar-refractivity contribution in [3.8, 4) is 5.75 Å². The van der Waals surface area contributed by atoms with Crippen molar-refractivity contribution in [2.45, 2.75) is 13.3 Å². The van der Waals surface area contributed by atoms with Crippen LogP contribution < -0.4 is 9.64 Å². The number of halogens is 1. The highest BCUT2D eigenvalue weighted by molar-refractivity contribution is 8.04. The molecule has 2 aromatic rings. The van der Waals surface area contributed by atoms with Gasteiger partial charge in [-0.2, -0.15) is 0 Å². The number of ether oxygens (including phenoxy) is 1. The van der Waals surface area contributed by atoms with E-state index in [1.54, 1.807) is 30.3 Å². The summed E-state index contributed by atoms with van der Waals surface area (Å²) < 4.78 is 19.8. The lowest BCUT2D eigenvalue weighted by atomic mass is 10.1. The number of anilines is 1. The van der Waals surface area contributed by atoms with Gasteiger partial charge in [0.15, 0.2) is 0 Å². The number of hydrogen-bond donors (Lipinski definition) is 1. The molecule has 0 unspecified atom stereocenters. The molecule has 0 fully saturated rings. The number of hydrogen-bond acceptors (Lipinski definition) is 5. The number of amides is 2. The van der Waals surface area contributed by atoms with Gasteiger partial charge in [0, 0.05) is 5.75 Å². The maximum absolute atomic E-state index is 14.2. The number of thioether (sulfide) groups is 1. The zero-order valence-corrected chi connectivity index (χ0v) is 16.2. The average Bonchev–Trinajstić information content (AvgIpc) is 2.95. The fourth-order valence-electron chi connectivity index (χ4n) is 2.84. The van der Waals surface area contributed by atoms with Gasteiger partial charge in [0.25, 0.3) is 11.8 Å². The number of carbonyl (C=O) groups excluding carboxylic acids is 2. The highest BCUT2D eigenvalue weighted by atomic mass is 32.2. The molecule has 1 aliphatic rings. The summed E-state index contributed by atoms with van der Waals surface area (Å²) >= 11 is 1.09. The molecule has 1 N–H and O–H groups in total. The molecule has 1 aliphatic heterocycles. The molecule has 0 spiro atoms. The lowest BCUT2D eigenvalue weighted by Gasteiger charge is -2.15. The first-order valence-electron chi connectivity index (χ1n) is 8.93. The number of para-hydroxylation sites is 1. The van der Waals surface area contributed by atoms with Crippen LogP contribution in [-0.2, 0) is 9.59 Å². The molecule has 146 valence electrons. The van der Waals surface area contributed by atoms with E-state index in [4.69, 9.17) is 9.84 Å². The molecule has 0 atom stereocenters. The molecule has 0 aromatic heterocycles. The predicted molar refractivity (Wildman–Crippen MR) is 108 cm³/mol. The van der Waals surface area contributed by atoms with Gasteiger partial charge in [-0.3, -0.25) is 9.59 Å². The number of rotatable bonds is 8. The molecule has 0 aliphatic carbocycles. The Morgan fingerprint density at radius 2 is 1.79 bits per heavy atom. The third-order valence-electron chi connectivity index (χ3n) is 4.09. The van der Waals surface area contributed by atoms with Crippen LogP contribution in [0.25, 0.3) is 5.57 Å². The summed E-state index contributed by atoms with van der Waals surface area (Å²) in [6.45, 7) is 2.44. The Kier molecular flexibility index (Phi) is 6.49. The van der Waals surface area contributed by atoms with Crippen LogP contribution in [0.15, 0.2) is 53.4 Å². The molecule has 3 rings (SSSR count). The van der Waals surface area contributed by atoms with E-state index in [0.29, 0.717) is 17.9 Å². The lowest BCUT2D eigenvalue weighted by molar-refractivity contribution is -0.119. The maximum atomic E-state index is 14.2. The molecule has 2 aromatic carbocycles. The highest BCUT2D eigenvalue weighted by Crippen LogP contribution is 2.39. The van der Waals surface area contributed by atoms with Crippen LogP contribution in [0.3, 0.4) is 0 Å². The number of carbonyl (C=O) groups is 2. The van der Waals surface area contributed by atoms with E-state index in [9.17, 15) is 14.0 Å². The Morgan fingerprint density at radius 3 is 2.43 bits per heavy atom. The largest absolute Gasteiger partial charge is 0.494 e. The summed E-state index contributed by atoms with van der Waals surface area (Å²) in [6, 6.07) is 12.5. The van der Waals surface area contributed by atoms with Crippen LogP contribution in [0.1, 0.15) is 18.9 Å². The summed E-state index contributed by atoms with van der Waals surface area (Å²) in [5, 5.41) is 9.15. The van der Waals surface area contributed by atoms with E-state index < -0.39 is 17.6 Å². The van der Waals surface area contributed by atoms with Crippen LogP contribution in [0.4, 0.5) is 10.1 Å². The van der Waals surface area contributed by atoms with Crippen molar-refractivity contribution >= 4 is 34.8 Å². The minimum atomic E-state index is -0.653.